The van der Waals surface area contributed by atoms with Crippen molar-refractivity contribution in [3.63, 3.8) is 0 Å². The van der Waals surface area contributed by atoms with Crippen LogP contribution in [0.4, 0.5) is 0 Å². The molecular weight excluding hydrogens is 597 g/mol. The van der Waals surface area contributed by atoms with Gasteiger partial charge in [-0.05, 0) is 85.4 Å². The third-order valence-corrected chi connectivity index (χ3v) is 11.0. The number of fused-ring (bicyclic) bond motifs is 3. The fraction of sp³-hybridized carbons (Fsp3) is 0.267. The number of hydrogen-bond donors (Lipinski definition) is 0. The Morgan fingerprint density at radius 3 is 1.80 bits per heavy atom. The topological polar surface area (TPSA) is 43.6 Å². The third kappa shape index (κ3) is 5.84. The minimum Gasteiger partial charge on any atom is -0.309 e. The zero-order valence-electron chi connectivity index (χ0n) is 29.0. The Labute approximate surface area is 289 Å². The van der Waals surface area contributed by atoms with Gasteiger partial charge in [0.15, 0.2) is 17.5 Å². The van der Waals surface area contributed by atoms with Crippen molar-refractivity contribution in [3.8, 4) is 39.9 Å². The number of aryl methyl sites for hydroxylation is 1. The molecule has 7 aromatic rings. The van der Waals surface area contributed by atoms with Crippen molar-refractivity contribution in [2.45, 2.75) is 65.2 Å². The molecule has 3 atom stereocenters. The zero-order chi connectivity index (χ0) is 33.5. The molecule has 1 saturated carbocycles. The summed E-state index contributed by atoms with van der Waals surface area (Å²) >= 11 is 0. The highest BCUT2D eigenvalue weighted by molar-refractivity contribution is 6.10. The number of rotatable bonds is 6. The summed E-state index contributed by atoms with van der Waals surface area (Å²) in [7, 11) is 0. The van der Waals surface area contributed by atoms with Gasteiger partial charge < -0.3 is 4.57 Å². The van der Waals surface area contributed by atoms with Crippen LogP contribution in [0.5, 0.6) is 0 Å². The lowest BCUT2D eigenvalue weighted by Gasteiger charge is -2.35. The molecule has 0 aliphatic heterocycles. The van der Waals surface area contributed by atoms with Gasteiger partial charge in [0.1, 0.15) is 0 Å². The van der Waals surface area contributed by atoms with Crippen LogP contribution in [0.1, 0.15) is 64.0 Å². The SMILES string of the molecule is CCC1(c2ccc(-c3nc(-c4ccccc4)nc(-c4ccc5c(c4)c4ccccc4n5-c4ccc(C)cc4)n3)cc2)C[C@H](C)CC[C@H](C)C1. The minimum absolute atomic E-state index is 0.223. The summed E-state index contributed by atoms with van der Waals surface area (Å²) in [5.41, 5.74) is 9.39. The molecule has 2 heterocycles. The first kappa shape index (κ1) is 31.2. The molecule has 0 radical (unpaired) electrons. The Balaban J connectivity index is 1.25. The summed E-state index contributed by atoms with van der Waals surface area (Å²) in [6.45, 7) is 9.37. The van der Waals surface area contributed by atoms with Crippen LogP contribution in [0.2, 0.25) is 0 Å². The van der Waals surface area contributed by atoms with Crippen LogP contribution in [0.25, 0.3) is 61.7 Å². The van der Waals surface area contributed by atoms with Gasteiger partial charge in [-0.25, -0.2) is 15.0 Å². The van der Waals surface area contributed by atoms with E-state index >= 15 is 0 Å². The lowest BCUT2D eigenvalue weighted by atomic mass is 9.69. The molecule has 0 N–H and O–H groups in total. The summed E-state index contributed by atoms with van der Waals surface area (Å²) in [6.07, 6.45) is 6.33. The summed E-state index contributed by atoms with van der Waals surface area (Å²) < 4.78 is 2.35. The first-order chi connectivity index (χ1) is 23.9. The van der Waals surface area contributed by atoms with Crippen molar-refractivity contribution in [1.29, 1.82) is 0 Å². The molecule has 8 rings (SSSR count). The van der Waals surface area contributed by atoms with Crippen molar-refractivity contribution in [2.75, 3.05) is 0 Å². The largest absolute Gasteiger partial charge is 0.309 e. The molecule has 1 unspecified atom stereocenters. The van der Waals surface area contributed by atoms with Gasteiger partial charge in [0.2, 0.25) is 0 Å². The molecule has 0 spiro atoms. The third-order valence-electron chi connectivity index (χ3n) is 11.0. The molecule has 1 fully saturated rings. The highest BCUT2D eigenvalue weighted by Gasteiger charge is 2.36. The average Bonchev–Trinajstić information content (AvgIpc) is 3.39. The Morgan fingerprint density at radius 2 is 1.14 bits per heavy atom. The first-order valence-corrected chi connectivity index (χ1v) is 17.9. The van der Waals surface area contributed by atoms with Gasteiger partial charge >= 0.3 is 0 Å². The van der Waals surface area contributed by atoms with Crippen molar-refractivity contribution in [3.05, 3.63) is 132 Å². The lowest BCUT2D eigenvalue weighted by molar-refractivity contribution is 0.295. The van der Waals surface area contributed by atoms with Crippen molar-refractivity contribution >= 4 is 21.8 Å². The molecule has 4 heteroatoms. The van der Waals surface area contributed by atoms with E-state index in [0.29, 0.717) is 17.5 Å². The van der Waals surface area contributed by atoms with E-state index < -0.39 is 0 Å². The average molecular weight is 641 g/mol. The van der Waals surface area contributed by atoms with Gasteiger partial charge in [-0.3, -0.25) is 0 Å². The molecule has 4 nitrogen and oxygen atoms in total. The number of nitrogens with zero attached hydrogens (tertiary/aromatic N) is 4. The smallest absolute Gasteiger partial charge is 0.164 e. The van der Waals surface area contributed by atoms with Crippen LogP contribution in [0.15, 0.2) is 121 Å². The molecule has 2 aromatic heterocycles. The quantitative estimate of drug-likeness (QED) is 0.170. The number of aromatic nitrogens is 4. The fourth-order valence-corrected chi connectivity index (χ4v) is 8.33. The van der Waals surface area contributed by atoms with Gasteiger partial charge in [0, 0.05) is 33.2 Å². The Bertz CT molecular complexity index is 2240. The van der Waals surface area contributed by atoms with Crippen LogP contribution in [0, 0.1) is 18.8 Å². The maximum Gasteiger partial charge on any atom is 0.164 e. The van der Waals surface area contributed by atoms with Crippen molar-refractivity contribution in [2.24, 2.45) is 11.8 Å². The number of benzene rings is 5. The summed E-state index contributed by atoms with van der Waals surface area (Å²) in [5, 5.41) is 2.39. The van der Waals surface area contributed by atoms with Crippen LogP contribution in [-0.2, 0) is 5.41 Å². The molecule has 5 aromatic carbocycles. The van der Waals surface area contributed by atoms with Crippen LogP contribution in [0.3, 0.4) is 0 Å². The summed E-state index contributed by atoms with van der Waals surface area (Å²) in [5.74, 6) is 3.55. The molecule has 49 heavy (non-hydrogen) atoms. The Kier molecular flexibility index (Phi) is 8.11. The zero-order valence-corrected chi connectivity index (χ0v) is 29.0. The molecule has 0 amide bonds. The van der Waals surface area contributed by atoms with Gasteiger partial charge in [-0.15, -0.1) is 0 Å². The van der Waals surface area contributed by atoms with E-state index in [-0.39, 0.29) is 5.41 Å². The highest BCUT2D eigenvalue weighted by atomic mass is 15.0. The molecule has 0 saturated heterocycles. The highest BCUT2D eigenvalue weighted by Crippen LogP contribution is 2.45. The van der Waals surface area contributed by atoms with Gasteiger partial charge in [0.05, 0.1) is 11.0 Å². The predicted molar refractivity (Wildman–Crippen MR) is 204 cm³/mol. The second-order valence-corrected chi connectivity index (χ2v) is 14.5. The van der Waals surface area contributed by atoms with Gasteiger partial charge in [-0.1, -0.05) is 124 Å². The summed E-state index contributed by atoms with van der Waals surface area (Å²) in [4.78, 5) is 15.3. The standard InChI is InChI=1S/C45H44N4/c1-5-45(28-31(3)15-16-32(4)29-45)36-22-19-34(20-23-36)43-46-42(33-11-7-6-8-12-33)47-44(48-43)35-21-26-41-39(27-35)38-13-9-10-14-40(38)49(41)37-24-17-30(2)18-25-37/h6-14,17-27,31-32H,5,15-16,28-29H2,1-4H3/t31-,32+,45?. The van der Waals surface area contributed by atoms with Gasteiger partial charge in [-0.2, -0.15) is 0 Å². The second kappa shape index (κ2) is 12.7. The van der Waals surface area contributed by atoms with Crippen molar-refractivity contribution < 1.29 is 0 Å². The predicted octanol–water partition coefficient (Wildman–Crippen LogP) is 11.8. The maximum absolute atomic E-state index is 5.15. The first-order valence-electron chi connectivity index (χ1n) is 17.9. The Hall–Kier alpha value is -5.09. The van der Waals surface area contributed by atoms with Crippen LogP contribution < -0.4 is 0 Å². The van der Waals surface area contributed by atoms with Gasteiger partial charge in [0.25, 0.3) is 0 Å². The molecule has 1 aliphatic rings. The maximum atomic E-state index is 5.15. The van der Waals surface area contributed by atoms with E-state index in [1.54, 1.807) is 0 Å². The second-order valence-electron chi connectivity index (χ2n) is 14.5. The fourth-order valence-electron chi connectivity index (χ4n) is 8.33. The monoisotopic (exact) mass is 640 g/mol. The number of hydrogen-bond acceptors (Lipinski definition) is 3. The van der Waals surface area contributed by atoms with Crippen molar-refractivity contribution in [1.82, 2.24) is 19.5 Å². The molecular formula is C45H44N4. The molecule has 1 aliphatic carbocycles. The van der Waals surface area contributed by atoms with E-state index in [9.17, 15) is 0 Å². The van der Waals surface area contributed by atoms with Crippen LogP contribution in [-0.4, -0.2) is 19.5 Å². The number of para-hydroxylation sites is 1. The Morgan fingerprint density at radius 1 is 0.592 bits per heavy atom. The lowest BCUT2D eigenvalue weighted by Crippen LogP contribution is -2.28. The molecule has 244 valence electrons. The van der Waals surface area contributed by atoms with E-state index in [0.717, 1.165) is 46.2 Å². The summed E-state index contributed by atoms with van der Waals surface area (Å²) in [6, 6.07) is 43.4. The molecule has 0 bridgehead atoms. The van der Waals surface area contributed by atoms with Crippen LogP contribution >= 0.6 is 0 Å². The van der Waals surface area contributed by atoms with E-state index in [1.165, 1.54) is 53.1 Å². The van der Waals surface area contributed by atoms with E-state index in [2.05, 4.69) is 135 Å². The minimum atomic E-state index is 0.223. The van der Waals surface area contributed by atoms with E-state index in [1.807, 2.05) is 18.2 Å². The van der Waals surface area contributed by atoms with E-state index in [4.69, 9.17) is 15.0 Å². The normalized spacial score (nSPS) is 19.7.